The van der Waals surface area contributed by atoms with Crippen molar-refractivity contribution in [1.82, 2.24) is 0 Å². The average molecular weight is 346 g/mol. The molecule has 0 saturated heterocycles. The fourth-order valence-corrected chi connectivity index (χ4v) is 1.39. The van der Waals surface area contributed by atoms with Gasteiger partial charge in [-0.05, 0) is 40.3 Å². The summed E-state index contributed by atoms with van der Waals surface area (Å²) in [5, 5.41) is 0. The summed E-state index contributed by atoms with van der Waals surface area (Å²) in [6.45, 7) is 0. The summed E-state index contributed by atoms with van der Waals surface area (Å²) in [7, 11) is 0. The molecule has 0 amide bonds. The monoisotopic (exact) mass is 346 g/mol. The molecule has 0 atom stereocenters. The first kappa shape index (κ1) is 13.4. The Balaban J connectivity index is 2.75. The van der Waals surface area contributed by atoms with Gasteiger partial charge >= 0.3 is 12.3 Å². The number of benzene rings is 1. The second kappa shape index (κ2) is 5.11. The number of ketones is 1. The smallest absolute Gasteiger partial charge is 0.292 e. The lowest BCUT2D eigenvalue weighted by atomic mass is 10.1. The van der Waals surface area contributed by atoms with Crippen LogP contribution >= 0.6 is 22.6 Å². The first-order valence-corrected chi connectivity index (χ1v) is 5.35. The predicted molar refractivity (Wildman–Crippen MR) is 58.8 cm³/mol. The third-order valence-corrected chi connectivity index (χ3v) is 2.64. The normalized spacial score (nSPS) is 11.9. The van der Waals surface area contributed by atoms with Crippen molar-refractivity contribution < 1.29 is 22.4 Å². The maximum absolute atomic E-state index is 12.6. The topological polar surface area (TPSA) is 17.1 Å². The Kier molecular flexibility index (Phi) is 4.28. The number of carbonyl (C=O) groups excluding carboxylic acids is 1. The van der Waals surface area contributed by atoms with E-state index in [1.165, 1.54) is 12.1 Å². The minimum atomic E-state index is -4.57. The molecule has 0 aliphatic rings. The van der Waals surface area contributed by atoms with Crippen molar-refractivity contribution >= 4 is 28.4 Å². The molecular formula is C10H7F4IO. The average Bonchev–Trinajstić information content (AvgIpc) is 2.21. The van der Waals surface area contributed by atoms with E-state index in [1.54, 1.807) is 12.1 Å². The maximum atomic E-state index is 12.6. The third kappa shape index (κ3) is 3.16. The molecule has 16 heavy (non-hydrogen) atoms. The van der Waals surface area contributed by atoms with Crippen LogP contribution in [-0.2, 0) is 11.2 Å². The van der Waals surface area contributed by atoms with Crippen molar-refractivity contribution in [2.75, 3.05) is 0 Å². The highest BCUT2D eigenvalue weighted by Crippen LogP contribution is 2.25. The van der Waals surface area contributed by atoms with E-state index in [1.807, 2.05) is 22.6 Å². The van der Waals surface area contributed by atoms with Crippen molar-refractivity contribution in [2.24, 2.45) is 0 Å². The standard InChI is InChI=1S/C10H7F4IO/c11-9(12)10(13,14)8(16)5-6-1-3-7(15)4-2-6/h1-4,9H,5H2. The van der Waals surface area contributed by atoms with E-state index in [2.05, 4.69) is 0 Å². The number of Topliss-reactive ketones (excluding diaryl/α,β-unsaturated/α-hetero) is 1. The number of halogens is 5. The molecular weight excluding hydrogens is 339 g/mol. The van der Waals surface area contributed by atoms with Crippen molar-refractivity contribution in [3.8, 4) is 0 Å². The highest BCUT2D eigenvalue weighted by Gasteiger charge is 2.47. The Bertz CT molecular complexity index is 375. The van der Waals surface area contributed by atoms with Gasteiger partial charge in [-0.25, -0.2) is 8.78 Å². The molecule has 0 aliphatic carbocycles. The van der Waals surface area contributed by atoms with Gasteiger partial charge in [0.25, 0.3) is 0 Å². The van der Waals surface area contributed by atoms with E-state index >= 15 is 0 Å². The summed E-state index contributed by atoms with van der Waals surface area (Å²) in [6.07, 6.45) is -4.64. The zero-order valence-corrected chi connectivity index (χ0v) is 10.0. The van der Waals surface area contributed by atoms with Gasteiger partial charge < -0.3 is 0 Å². The molecule has 0 spiro atoms. The first-order valence-electron chi connectivity index (χ1n) is 4.27. The molecule has 6 heteroatoms. The van der Waals surface area contributed by atoms with Crippen LogP contribution in [0.25, 0.3) is 0 Å². The Morgan fingerprint density at radius 1 is 1.25 bits per heavy atom. The molecule has 0 heterocycles. The van der Waals surface area contributed by atoms with E-state index in [4.69, 9.17) is 0 Å². The van der Waals surface area contributed by atoms with Crippen molar-refractivity contribution in [3.05, 3.63) is 33.4 Å². The molecule has 0 fully saturated rings. The van der Waals surface area contributed by atoms with E-state index < -0.39 is 24.6 Å². The summed E-state index contributed by atoms with van der Waals surface area (Å²) < 4.78 is 49.8. The summed E-state index contributed by atoms with van der Waals surface area (Å²) in [5.74, 6) is -6.33. The van der Waals surface area contributed by atoms with Crippen molar-refractivity contribution in [3.63, 3.8) is 0 Å². The molecule has 0 aliphatic heterocycles. The highest BCUT2D eigenvalue weighted by molar-refractivity contribution is 14.1. The molecule has 1 aromatic rings. The summed E-state index contributed by atoms with van der Waals surface area (Å²) >= 11 is 2.00. The predicted octanol–water partition coefficient (Wildman–Crippen LogP) is 3.30. The van der Waals surface area contributed by atoms with Gasteiger partial charge in [-0.1, -0.05) is 12.1 Å². The minimum Gasteiger partial charge on any atom is -0.292 e. The van der Waals surface area contributed by atoms with Crippen LogP contribution in [0.3, 0.4) is 0 Å². The van der Waals surface area contributed by atoms with Crippen LogP contribution in [0.2, 0.25) is 0 Å². The van der Waals surface area contributed by atoms with Crippen LogP contribution in [0, 0.1) is 3.57 Å². The van der Waals surface area contributed by atoms with Crippen LogP contribution in [0.4, 0.5) is 17.6 Å². The fourth-order valence-electron chi connectivity index (χ4n) is 1.03. The summed E-state index contributed by atoms with van der Waals surface area (Å²) in [4.78, 5) is 10.9. The van der Waals surface area contributed by atoms with Gasteiger partial charge in [-0.2, -0.15) is 8.78 Å². The Morgan fingerprint density at radius 2 is 1.75 bits per heavy atom. The quantitative estimate of drug-likeness (QED) is 0.604. The maximum Gasteiger partial charge on any atom is 0.364 e. The zero-order chi connectivity index (χ0) is 12.3. The molecule has 0 aromatic heterocycles. The molecule has 0 unspecified atom stereocenters. The SMILES string of the molecule is O=C(Cc1ccc(I)cc1)C(F)(F)C(F)F. The van der Waals surface area contributed by atoms with E-state index in [-0.39, 0.29) is 0 Å². The van der Waals surface area contributed by atoms with Crippen LogP contribution < -0.4 is 0 Å². The molecule has 0 radical (unpaired) electrons. The van der Waals surface area contributed by atoms with Crippen molar-refractivity contribution in [2.45, 2.75) is 18.8 Å². The van der Waals surface area contributed by atoms with Gasteiger partial charge in [-0.3, -0.25) is 4.79 Å². The largest absolute Gasteiger partial charge is 0.364 e. The summed E-state index contributed by atoms with van der Waals surface area (Å²) in [5.41, 5.74) is 0.297. The number of alkyl halides is 4. The third-order valence-electron chi connectivity index (χ3n) is 1.92. The first-order chi connectivity index (χ1) is 7.34. The van der Waals surface area contributed by atoms with Crippen LogP contribution in [0.1, 0.15) is 5.56 Å². The molecule has 0 saturated carbocycles. The van der Waals surface area contributed by atoms with E-state index in [0.717, 1.165) is 3.57 Å². The van der Waals surface area contributed by atoms with E-state index in [0.29, 0.717) is 5.56 Å². The number of hydrogen-bond donors (Lipinski definition) is 0. The van der Waals surface area contributed by atoms with Gasteiger partial charge in [-0.15, -0.1) is 0 Å². The van der Waals surface area contributed by atoms with Gasteiger partial charge in [0, 0.05) is 9.99 Å². The lowest BCUT2D eigenvalue weighted by Gasteiger charge is -2.13. The van der Waals surface area contributed by atoms with E-state index in [9.17, 15) is 22.4 Å². The highest BCUT2D eigenvalue weighted by atomic mass is 127. The van der Waals surface area contributed by atoms with Gasteiger partial charge in [0.2, 0.25) is 5.78 Å². The second-order valence-electron chi connectivity index (χ2n) is 3.15. The Hall–Kier alpha value is -0.660. The minimum absolute atomic E-state index is 0.297. The lowest BCUT2D eigenvalue weighted by molar-refractivity contribution is -0.166. The molecule has 0 N–H and O–H groups in total. The Morgan fingerprint density at radius 3 is 2.19 bits per heavy atom. The molecule has 0 bridgehead atoms. The zero-order valence-electron chi connectivity index (χ0n) is 7.89. The second-order valence-corrected chi connectivity index (χ2v) is 4.40. The molecule has 88 valence electrons. The number of rotatable bonds is 4. The molecule has 1 nitrogen and oxygen atoms in total. The fraction of sp³-hybridized carbons (Fsp3) is 0.300. The van der Waals surface area contributed by atoms with Gasteiger partial charge in [0.05, 0.1) is 0 Å². The summed E-state index contributed by atoms with van der Waals surface area (Å²) in [6, 6.07) is 6.15. The van der Waals surface area contributed by atoms with Crippen LogP contribution in [-0.4, -0.2) is 18.1 Å². The molecule has 1 rings (SSSR count). The number of carbonyl (C=O) groups is 1. The Labute approximate surface area is 103 Å². The molecule has 1 aromatic carbocycles. The van der Waals surface area contributed by atoms with Gasteiger partial charge in [0.15, 0.2) is 0 Å². The number of hydrogen-bond acceptors (Lipinski definition) is 1. The van der Waals surface area contributed by atoms with Gasteiger partial charge in [0.1, 0.15) is 0 Å². The van der Waals surface area contributed by atoms with Crippen LogP contribution in [0.5, 0.6) is 0 Å². The van der Waals surface area contributed by atoms with Crippen LogP contribution in [0.15, 0.2) is 24.3 Å². The lowest BCUT2D eigenvalue weighted by Crippen LogP contribution is -2.37. The van der Waals surface area contributed by atoms with Crippen molar-refractivity contribution in [1.29, 1.82) is 0 Å².